The van der Waals surface area contributed by atoms with Crippen molar-refractivity contribution in [1.29, 1.82) is 5.26 Å². The molecule has 10 amide bonds. The lowest BCUT2D eigenvalue weighted by atomic mass is 10.0. The molecule has 1 aliphatic rings. The van der Waals surface area contributed by atoms with Gasteiger partial charge in [0.15, 0.2) is 11.9 Å². The Bertz CT molecular complexity index is 2710. The number of guanidine groups is 2. The van der Waals surface area contributed by atoms with Crippen LogP contribution < -0.4 is 76.9 Å². The standard InChI is InChI=1S/C49H68N18O10/c1-26(68)61-33(9-5-19-58-48(53)54)42(72)63-34-10-4-18-57-40(70)17-16-32(41(52)71)62-46(76)37(22-29-25-60-31-8-3-2-7-30(29)31)66-43(73)35(11-6-20-59-49(55)56)64-45(75)36(21-27-12-14-28(24-50)15-13-27)65-47(77)38(23-39(51)69)67-44(34)74/h2-3,7-8,12-15,25,32-38,60H,4-6,9-11,16-23H2,1H3,(H2,51,69)(H2,52,71)(H,57,70)(H,61,68)(H,62,76)(H,63,72)(H,64,75)(H,65,77)(H,66,73)(H,67,74)(H4,53,54,58)(H4,55,56,59)/t32-,33-,34-,35-,36+,37-,38-/m0/s1. The molecule has 1 fully saturated rings. The third-order valence-electron chi connectivity index (χ3n) is 12.1. The summed E-state index contributed by atoms with van der Waals surface area (Å²) < 4.78 is 0. The number of aliphatic imine (C=N–C) groups is 2. The average Bonchev–Trinajstić information content (AvgIpc) is 3.79. The van der Waals surface area contributed by atoms with Gasteiger partial charge in [0, 0.05) is 62.9 Å². The number of H-pyrrole nitrogens is 1. The van der Waals surface area contributed by atoms with Crippen molar-refractivity contribution in [2.75, 3.05) is 19.6 Å². The van der Waals surface area contributed by atoms with E-state index in [1.165, 1.54) is 31.2 Å². The number of aromatic amines is 1. The van der Waals surface area contributed by atoms with Gasteiger partial charge in [-0.15, -0.1) is 0 Å². The summed E-state index contributed by atoms with van der Waals surface area (Å²) in [6.45, 7) is 1.15. The Morgan fingerprint density at radius 2 is 1.32 bits per heavy atom. The summed E-state index contributed by atoms with van der Waals surface area (Å²) in [7, 11) is 0. The number of amides is 10. The van der Waals surface area contributed by atoms with Crippen molar-refractivity contribution in [3.05, 3.63) is 71.4 Å². The number of aromatic nitrogens is 1. The van der Waals surface area contributed by atoms with Crippen LogP contribution in [0.3, 0.4) is 0 Å². The molecule has 3 aromatic rings. The summed E-state index contributed by atoms with van der Waals surface area (Å²) in [5.74, 6) is -9.40. The Hall–Kier alpha value is -9.29. The van der Waals surface area contributed by atoms with Crippen LogP contribution >= 0.6 is 0 Å². The van der Waals surface area contributed by atoms with Crippen LogP contribution in [0.15, 0.2) is 64.7 Å². The minimum Gasteiger partial charge on any atom is -0.370 e. The summed E-state index contributed by atoms with van der Waals surface area (Å²) in [6, 6.07) is 4.68. The van der Waals surface area contributed by atoms with E-state index in [0.717, 1.165) is 0 Å². The van der Waals surface area contributed by atoms with Crippen LogP contribution in [0.25, 0.3) is 10.9 Å². The summed E-state index contributed by atoms with van der Waals surface area (Å²) >= 11 is 0. The largest absolute Gasteiger partial charge is 0.370 e. The van der Waals surface area contributed by atoms with E-state index in [1.54, 1.807) is 30.5 Å². The first-order valence-corrected chi connectivity index (χ1v) is 24.7. The molecule has 414 valence electrons. The van der Waals surface area contributed by atoms with Crippen molar-refractivity contribution in [3.63, 3.8) is 0 Å². The molecule has 28 nitrogen and oxygen atoms in total. The van der Waals surface area contributed by atoms with Crippen LogP contribution in [0, 0.1) is 11.3 Å². The highest BCUT2D eigenvalue weighted by Crippen LogP contribution is 2.20. The highest BCUT2D eigenvalue weighted by molar-refractivity contribution is 5.99. The van der Waals surface area contributed by atoms with E-state index >= 15 is 0 Å². The number of rotatable bonds is 18. The van der Waals surface area contributed by atoms with Crippen molar-refractivity contribution in [3.8, 4) is 6.07 Å². The molecule has 1 aromatic heterocycles. The van der Waals surface area contributed by atoms with Crippen LogP contribution in [-0.2, 0) is 60.8 Å². The first-order valence-electron chi connectivity index (χ1n) is 24.7. The lowest BCUT2D eigenvalue weighted by molar-refractivity contribution is -0.136. The lowest BCUT2D eigenvalue weighted by Gasteiger charge is -2.28. The molecule has 4 rings (SSSR count). The number of carbonyl (C=O) groups is 10. The number of nitrogens with two attached hydrogens (primary N) is 6. The number of nitrogens with one attached hydrogen (secondary N) is 9. The number of benzene rings is 2. The molecule has 28 heteroatoms. The zero-order chi connectivity index (χ0) is 56.6. The predicted molar refractivity (Wildman–Crippen MR) is 280 cm³/mol. The molecule has 0 unspecified atom stereocenters. The second-order valence-electron chi connectivity index (χ2n) is 18.2. The molecule has 7 atom stereocenters. The third-order valence-corrected chi connectivity index (χ3v) is 12.1. The predicted octanol–water partition coefficient (Wildman–Crippen LogP) is -4.60. The maximum absolute atomic E-state index is 14.6. The summed E-state index contributed by atoms with van der Waals surface area (Å²) in [4.78, 5) is 148. The zero-order valence-corrected chi connectivity index (χ0v) is 42.5. The molecule has 21 N–H and O–H groups in total. The molecule has 0 saturated carbocycles. The lowest BCUT2D eigenvalue weighted by Crippen LogP contribution is -2.60. The highest BCUT2D eigenvalue weighted by atomic mass is 16.2. The molecule has 2 heterocycles. The molecule has 0 aliphatic carbocycles. The van der Waals surface area contributed by atoms with Crippen LogP contribution in [0.1, 0.15) is 81.4 Å². The Morgan fingerprint density at radius 3 is 1.96 bits per heavy atom. The number of nitriles is 1. The van der Waals surface area contributed by atoms with Gasteiger partial charge >= 0.3 is 0 Å². The first-order chi connectivity index (χ1) is 36.6. The van der Waals surface area contributed by atoms with E-state index in [4.69, 9.17) is 34.4 Å². The van der Waals surface area contributed by atoms with E-state index in [9.17, 15) is 53.2 Å². The quantitative estimate of drug-likeness (QED) is 0.0324. The summed E-state index contributed by atoms with van der Waals surface area (Å²) in [6.07, 6.45) is -0.310. The molecule has 0 bridgehead atoms. The second kappa shape index (κ2) is 30.2. The Balaban J connectivity index is 1.80. The van der Waals surface area contributed by atoms with E-state index < -0.39 is 108 Å². The van der Waals surface area contributed by atoms with Crippen molar-refractivity contribution in [1.82, 2.24) is 47.5 Å². The second-order valence-corrected chi connectivity index (χ2v) is 18.2. The van der Waals surface area contributed by atoms with Gasteiger partial charge in [0.05, 0.1) is 18.1 Å². The van der Waals surface area contributed by atoms with Gasteiger partial charge in [-0.05, 0) is 74.3 Å². The number of para-hydroxylation sites is 1. The van der Waals surface area contributed by atoms with E-state index in [2.05, 4.69) is 57.5 Å². The maximum atomic E-state index is 14.6. The van der Waals surface area contributed by atoms with Gasteiger partial charge in [-0.1, -0.05) is 30.3 Å². The van der Waals surface area contributed by atoms with Crippen LogP contribution in [0.2, 0.25) is 0 Å². The molecule has 1 saturated heterocycles. The van der Waals surface area contributed by atoms with Gasteiger partial charge in [0.2, 0.25) is 59.1 Å². The van der Waals surface area contributed by atoms with Crippen molar-refractivity contribution in [2.24, 2.45) is 44.4 Å². The van der Waals surface area contributed by atoms with Crippen LogP contribution in [-0.4, -0.2) is 138 Å². The fourth-order valence-corrected chi connectivity index (χ4v) is 8.18. The third kappa shape index (κ3) is 20.5. The fraction of sp³-hybridized carbons (Fsp3) is 0.449. The van der Waals surface area contributed by atoms with E-state index in [-0.39, 0.29) is 101 Å². The number of hydrogen-bond acceptors (Lipinski definition) is 13. The fourth-order valence-electron chi connectivity index (χ4n) is 8.18. The molecular weight excluding hydrogens is 1000 g/mol. The van der Waals surface area contributed by atoms with Gasteiger partial charge < -0.3 is 81.9 Å². The first kappa shape index (κ1) is 60.3. The van der Waals surface area contributed by atoms with Gasteiger partial charge in [0.1, 0.15) is 42.3 Å². The molecule has 1 aliphatic heterocycles. The minimum absolute atomic E-state index is 0.00273. The SMILES string of the molecule is CC(=O)N[C@@H](CCCN=C(N)N)C(=O)N[C@H]1CCCNC(=O)CC[C@@H](C(N)=O)NC(=O)[C@H](Cc2c[nH]c3ccccc23)NC(=O)[C@H](CCCN=C(N)N)NC(=O)[C@@H](Cc2ccc(C#N)cc2)NC(=O)[C@H](CC(N)=O)NC1=O. The van der Waals surface area contributed by atoms with Gasteiger partial charge in [-0.2, -0.15) is 5.26 Å². The molecule has 77 heavy (non-hydrogen) atoms. The van der Waals surface area contributed by atoms with Crippen molar-refractivity contribution >= 4 is 81.9 Å². The summed E-state index contributed by atoms with van der Waals surface area (Å²) in [5, 5.41) is 30.8. The maximum Gasteiger partial charge on any atom is 0.243 e. The average molecular weight is 1070 g/mol. The van der Waals surface area contributed by atoms with Crippen molar-refractivity contribution in [2.45, 2.75) is 120 Å². The van der Waals surface area contributed by atoms with Crippen LogP contribution in [0.5, 0.6) is 0 Å². The van der Waals surface area contributed by atoms with Gasteiger partial charge in [0.25, 0.3) is 0 Å². The normalized spacial score (nSPS) is 20.7. The number of hydrogen-bond donors (Lipinski definition) is 15. The smallest absolute Gasteiger partial charge is 0.243 e. The van der Waals surface area contributed by atoms with E-state index in [0.29, 0.717) is 22.0 Å². The number of nitrogens with zero attached hydrogens (tertiary/aromatic N) is 3. The molecule has 0 spiro atoms. The molecule has 2 aromatic carbocycles. The monoisotopic (exact) mass is 1070 g/mol. The summed E-state index contributed by atoms with van der Waals surface area (Å²) in [5.41, 5.74) is 35.2. The van der Waals surface area contributed by atoms with Crippen molar-refractivity contribution < 1.29 is 47.9 Å². The zero-order valence-electron chi connectivity index (χ0n) is 42.5. The number of primary amides is 2. The number of carbonyl (C=O) groups excluding carboxylic acids is 10. The van der Waals surface area contributed by atoms with Gasteiger partial charge in [-0.3, -0.25) is 57.9 Å². The van der Waals surface area contributed by atoms with Crippen LogP contribution in [0.4, 0.5) is 0 Å². The van der Waals surface area contributed by atoms with Gasteiger partial charge in [-0.25, -0.2) is 0 Å². The highest BCUT2D eigenvalue weighted by Gasteiger charge is 2.35. The Morgan fingerprint density at radius 1 is 0.727 bits per heavy atom. The Labute approximate surface area is 442 Å². The molecular formula is C49H68N18O10. The molecule has 0 radical (unpaired) electrons. The number of fused-ring (bicyclic) bond motifs is 1. The van der Waals surface area contributed by atoms with E-state index in [1.807, 2.05) is 6.07 Å². The topological polar surface area (TPSA) is 487 Å². The minimum atomic E-state index is -1.79. The Kier molecular flexibility index (Phi) is 23.6.